The van der Waals surface area contributed by atoms with E-state index in [-0.39, 0.29) is 6.17 Å². The summed E-state index contributed by atoms with van der Waals surface area (Å²) in [6.07, 6.45) is 6.42. The van der Waals surface area contributed by atoms with Crippen molar-refractivity contribution in [1.82, 2.24) is 9.88 Å². The third kappa shape index (κ3) is 5.84. The highest BCUT2D eigenvalue weighted by Crippen LogP contribution is 2.36. The van der Waals surface area contributed by atoms with Crippen molar-refractivity contribution in [3.63, 3.8) is 0 Å². The lowest BCUT2D eigenvalue weighted by atomic mass is 9.88. The van der Waals surface area contributed by atoms with Crippen LogP contribution in [-0.2, 0) is 4.74 Å². The Balaban J connectivity index is 1.30. The Labute approximate surface area is 230 Å². The van der Waals surface area contributed by atoms with Gasteiger partial charge in [-0.1, -0.05) is 29.8 Å². The van der Waals surface area contributed by atoms with Crippen LogP contribution in [-0.4, -0.2) is 60.0 Å². The minimum absolute atomic E-state index is 0.0788. The first-order valence-corrected chi connectivity index (χ1v) is 13.7. The predicted octanol–water partition coefficient (Wildman–Crippen LogP) is 6.24. The number of aryl methyl sites for hydroxylation is 1. The van der Waals surface area contributed by atoms with Crippen LogP contribution in [0.1, 0.15) is 59.8 Å². The molecule has 0 radical (unpaired) electrons. The van der Waals surface area contributed by atoms with Crippen molar-refractivity contribution < 1.29 is 14.6 Å². The average Bonchev–Trinajstić information content (AvgIpc) is 3.35. The molecule has 0 bridgehead atoms. The first-order chi connectivity index (χ1) is 18.8. The number of fused-ring (bicyclic) bond motifs is 1. The Morgan fingerprint density at radius 1 is 1.13 bits per heavy atom. The number of methoxy groups -OCH3 is 1. The van der Waals surface area contributed by atoms with Crippen molar-refractivity contribution in [1.29, 1.82) is 0 Å². The number of hydrogen-bond acceptors (Lipinski definition) is 6. The highest BCUT2D eigenvalue weighted by atomic mass is 16.5. The van der Waals surface area contributed by atoms with E-state index in [0.29, 0.717) is 24.1 Å². The number of likely N-dealkylation sites (tertiary alicyclic amines) is 1. The van der Waals surface area contributed by atoms with E-state index in [9.17, 15) is 9.90 Å². The van der Waals surface area contributed by atoms with Gasteiger partial charge in [0.2, 0.25) is 0 Å². The van der Waals surface area contributed by atoms with Crippen molar-refractivity contribution in [3.8, 4) is 11.1 Å². The molecule has 7 nitrogen and oxygen atoms in total. The highest BCUT2D eigenvalue weighted by Gasteiger charge is 2.25. The number of benzene rings is 2. The normalized spacial score (nSPS) is 18.8. The maximum absolute atomic E-state index is 11.2. The van der Waals surface area contributed by atoms with Crippen molar-refractivity contribution in [2.45, 2.75) is 51.7 Å². The van der Waals surface area contributed by atoms with E-state index in [1.54, 1.807) is 19.2 Å². The first kappa shape index (κ1) is 26.9. The summed E-state index contributed by atoms with van der Waals surface area (Å²) in [7, 11) is 1.71. The molecule has 5 rings (SSSR count). The van der Waals surface area contributed by atoms with Gasteiger partial charge in [0, 0.05) is 30.6 Å². The van der Waals surface area contributed by atoms with E-state index in [2.05, 4.69) is 71.6 Å². The summed E-state index contributed by atoms with van der Waals surface area (Å²) in [5, 5.41) is 16.1. The lowest BCUT2D eigenvalue weighted by Crippen LogP contribution is -2.40. The zero-order valence-electron chi connectivity index (χ0n) is 23.2. The Bertz CT molecular complexity index is 1360. The average molecular weight is 527 g/mol. The second-order valence-corrected chi connectivity index (χ2v) is 10.7. The quantitative estimate of drug-likeness (QED) is 0.320. The molecule has 0 aliphatic carbocycles. The van der Waals surface area contributed by atoms with E-state index >= 15 is 0 Å². The summed E-state index contributed by atoms with van der Waals surface area (Å²) in [6.45, 7) is 9.22. The van der Waals surface area contributed by atoms with Crippen LogP contribution >= 0.6 is 0 Å². The molecule has 3 N–H and O–H groups in total. The van der Waals surface area contributed by atoms with Gasteiger partial charge in [0.25, 0.3) is 0 Å². The van der Waals surface area contributed by atoms with E-state index < -0.39 is 5.97 Å². The molecule has 1 aromatic heterocycles. The van der Waals surface area contributed by atoms with Gasteiger partial charge in [-0.15, -0.1) is 0 Å². The number of piperidine rings is 1. The second-order valence-electron chi connectivity index (χ2n) is 10.7. The second kappa shape index (κ2) is 11.6. The summed E-state index contributed by atoms with van der Waals surface area (Å²) >= 11 is 0. The summed E-state index contributed by atoms with van der Waals surface area (Å²) in [5.41, 5.74) is 9.60. The van der Waals surface area contributed by atoms with Gasteiger partial charge in [-0.25, -0.2) is 4.79 Å². The maximum Gasteiger partial charge on any atom is 0.335 e. The molecule has 204 valence electrons. The molecule has 0 spiro atoms. The molecule has 3 heterocycles. The summed E-state index contributed by atoms with van der Waals surface area (Å²) in [6, 6.07) is 16.3. The minimum atomic E-state index is -0.875. The molecular formula is C32H38N4O3. The standard InChI is InChI=1S/C32H38N4O3/c1-20(22(3)36-15-12-24(13-16-36)23-5-7-25(8-6-23)32(37)38)17-28-21(2)33-14-11-27(28)26-9-10-29-30(18-26)35-31(34-29)19-39-4/h5-11,14,17-18,22,24,31,34-35H,12-13,15-16,19H2,1-4H3,(H,37,38)/b20-17+. The van der Waals surface area contributed by atoms with Crippen LogP contribution in [0.5, 0.6) is 0 Å². The molecule has 1 fully saturated rings. The molecule has 0 amide bonds. The number of anilines is 2. The van der Waals surface area contributed by atoms with Crippen LogP contribution in [0.4, 0.5) is 11.4 Å². The molecular weight excluding hydrogens is 488 g/mol. The van der Waals surface area contributed by atoms with Crippen molar-refractivity contribution in [2.24, 2.45) is 0 Å². The van der Waals surface area contributed by atoms with Gasteiger partial charge in [-0.3, -0.25) is 9.88 Å². The largest absolute Gasteiger partial charge is 0.478 e. The van der Waals surface area contributed by atoms with Crippen molar-refractivity contribution in [2.75, 3.05) is 37.4 Å². The molecule has 2 atom stereocenters. The molecule has 2 unspecified atom stereocenters. The molecule has 3 aromatic rings. The maximum atomic E-state index is 11.2. The molecule has 1 saturated heterocycles. The monoisotopic (exact) mass is 526 g/mol. The van der Waals surface area contributed by atoms with E-state index in [1.807, 2.05) is 18.3 Å². The molecule has 0 saturated carbocycles. The number of ether oxygens (including phenoxy) is 1. The number of carboxylic acid groups (broad SMARTS) is 1. The number of carbonyl (C=O) groups is 1. The number of hydrogen-bond donors (Lipinski definition) is 3. The van der Waals surface area contributed by atoms with Gasteiger partial charge < -0.3 is 20.5 Å². The molecule has 2 aliphatic rings. The summed E-state index contributed by atoms with van der Waals surface area (Å²) < 4.78 is 5.30. The topological polar surface area (TPSA) is 86.7 Å². The van der Waals surface area contributed by atoms with Gasteiger partial charge in [0.15, 0.2) is 0 Å². The fourth-order valence-electron chi connectivity index (χ4n) is 5.78. The van der Waals surface area contributed by atoms with Crippen molar-refractivity contribution in [3.05, 3.63) is 82.7 Å². The predicted molar refractivity (Wildman–Crippen MR) is 157 cm³/mol. The third-order valence-corrected chi connectivity index (χ3v) is 8.25. The van der Waals surface area contributed by atoms with Crippen LogP contribution in [0.2, 0.25) is 0 Å². The fraction of sp³-hybridized carbons (Fsp3) is 0.375. The number of carboxylic acids is 1. The van der Waals surface area contributed by atoms with Crippen LogP contribution in [0, 0.1) is 6.92 Å². The highest BCUT2D eigenvalue weighted by molar-refractivity contribution is 5.87. The lowest BCUT2D eigenvalue weighted by Gasteiger charge is -2.37. The lowest BCUT2D eigenvalue weighted by molar-refractivity contribution is 0.0697. The van der Waals surface area contributed by atoms with Gasteiger partial charge >= 0.3 is 5.97 Å². The zero-order valence-corrected chi connectivity index (χ0v) is 23.2. The van der Waals surface area contributed by atoms with E-state index in [4.69, 9.17) is 4.74 Å². The Hall–Kier alpha value is -3.68. The molecule has 7 heteroatoms. The van der Waals surface area contributed by atoms with E-state index in [0.717, 1.165) is 54.1 Å². The Kier molecular flexibility index (Phi) is 8.00. The minimum Gasteiger partial charge on any atom is -0.478 e. The molecule has 2 aliphatic heterocycles. The summed E-state index contributed by atoms with van der Waals surface area (Å²) in [5.74, 6) is -0.404. The van der Waals surface area contributed by atoms with Crippen LogP contribution in [0.25, 0.3) is 17.2 Å². The third-order valence-electron chi connectivity index (χ3n) is 8.25. The smallest absolute Gasteiger partial charge is 0.335 e. The molecule has 2 aromatic carbocycles. The SMILES string of the molecule is COCC1Nc2ccc(-c3ccnc(C)c3/C=C(\C)C(C)N3CCC(c4ccc(C(=O)O)cc4)CC3)cc2N1. The van der Waals surface area contributed by atoms with Crippen LogP contribution in [0.15, 0.2) is 60.3 Å². The molecule has 39 heavy (non-hydrogen) atoms. The Morgan fingerprint density at radius 3 is 2.54 bits per heavy atom. The van der Waals surface area contributed by atoms with E-state index in [1.165, 1.54) is 16.7 Å². The van der Waals surface area contributed by atoms with Gasteiger partial charge in [0.05, 0.1) is 23.5 Å². The van der Waals surface area contributed by atoms with Crippen molar-refractivity contribution >= 4 is 23.4 Å². The Morgan fingerprint density at radius 2 is 1.85 bits per heavy atom. The number of nitrogens with one attached hydrogen (secondary N) is 2. The summed E-state index contributed by atoms with van der Waals surface area (Å²) in [4.78, 5) is 18.4. The fourth-order valence-corrected chi connectivity index (χ4v) is 5.78. The number of pyridine rings is 1. The number of rotatable bonds is 8. The zero-order chi connectivity index (χ0) is 27.5. The number of nitrogens with zero attached hydrogens (tertiary/aromatic N) is 2. The number of aromatic carboxylic acids is 1. The van der Waals surface area contributed by atoms with Gasteiger partial charge in [0.1, 0.15) is 6.17 Å². The first-order valence-electron chi connectivity index (χ1n) is 13.7. The van der Waals surface area contributed by atoms with Crippen LogP contribution < -0.4 is 10.6 Å². The van der Waals surface area contributed by atoms with Crippen LogP contribution in [0.3, 0.4) is 0 Å². The van der Waals surface area contributed by atoms with Gasteiger partial charge in [-0.2, -0.15) is 0 Å². The number of aromatic nitrogens is 1. The van der Waals surface area contributed by atoms with Gasteiger partial charge in [-0.05, 0) is 99.6 Å².